The number of hydrogen-bond donors (Lipinski definition) is 1. The largest absolute Gasteiger partial charge is 0.310 e. The fourth-order valence-corrected chi connectivity index (χ4v) is 2.05. The second-order valence-corrected chi connectivity index (χ2v) is 5.76. The first-order valence-electron chi connectivity index (χ1n) is 6.47. The summed E-state index contributed by atoms with van der Waals surface area (Å²) in [6.45, 7) is 9.85. The summed E-state index contributed by atoms with van der Waals surface area (Å²) in [5.41, 5.74) is 2.60. The van der Waals surface area contributed by atoms with Gasteiger partial charge in [-0.05, 0) is 55.9 Å². The highest BCUT2D eigenvalue weighted by Gasteiger charge is 2.04. The molecule has 0 saturated heterocycles. The summed E-state index contributed by atoms with van der Waals surface area (Å²) in [6.07, 6.45) is 2.53. The fourth-order valence-electron chi connectivity index (χ4n) is 1.83. The quantitative estimate of drug-likeness (QED) is 0.784. The van der Waals surface area contributed by atoms with Crippen LogP contribution in [0, 0.1) is 12.8 Å². The zero-order valence-electron chi connectivity index (χ0n) is 11.4. The highest BCUT2D eigenvalue weighted by Crippen LogP contribution is 2.15. The standard InChI is InChI=1S/C15H24ClN/c1-11(2)5-6-13(4)17-10-14-7-8-15(16)9-12(14)3/h7-9,11,13,17H,5-6,10H2,1-4H3. The Balaban J connectivity index is 2.39. The van der Waals surface area contributed by atoms with E-state index in [9.17, 15) is 0 Å². The molecule has 0 aliphatic rings. The normalized spacial score (nSPS) is 13.1. The fraction of sp³-hybridized carbons (Fsp3) is 0.600. The summed E-state index contributed by atoms with van der Waals surface area (Å²) in [7, 11) is 0. The second-order valence-electron chi connectivity index (χ2n) is 5.32. The molecule has 1 N–H and O–H groups in total. The van der Waals surface area contributed by atoms with E-state index in [1.807, 2.05) is 12.1 Å². The van der Waals surface area contributed by atoms with Crippen LogP contribution in [-0.2, 0) is 6.54 Å². The van der Waals surface area contributed by atoms with Gasteiger partial charge < -0.3 is 5.32 Å². The topological polar surface area (TPSA) is 12.0 Å². The van der Waals surface area contributed by atoms with Gasteiger partial charge in [0.15, 0.2) is 0 Å². The molecule has 0 heterocycles. The number of rotatable bonds is 6. The predicted octanol–water partition coefficient (Wildman–Crippen LogP) is 4.56. The lowest BCUT2D eigenvalue weighted by molar-refractivity contribution is 0.450. The van der Waals surface area contributed by atoms with E-state index in [-0.39, 0.29) is 0 Å². The van der Waals surface area contributed by atoms with Gasteiger partial charge in [-0.15, -0.1) is 0 Å². The van der Waals surface area contributed by atoms with Crippen LogP contribution in [0.5, 0.6) is 0 Å². The van der Waals surface area contributed by atoms with Gasteiger partial charge in [0.05, 0.1) is 0 Å². The Hall–Kier alpha value is -0.530. The molecular formula is C15H24ClN. The van der Waals surface area contributed by atoms with E-state index < -0.39 is 0 Å². The first-order chi connectivity index (χ1) is 7.99. The van der Waals surface area contributed by atoms with Gasteiger partial charge >= 0.3 is 0 Å². The molecule has 0 fully saturated rings. The Bertz CT molecular complexity index is 347. The Kier molecular flexibility index (Phi) is 6.01. The molecule has 1 atom stereocenters. The van der Waals surface area contributed by atoms with Crippen LogP contribution in [0.2, 0.25) is 5.02 Å². The zero-order valence-corrected chi connectivity index (χ0v) is 12.1. The van der Waals surface area contributed by atoms with Gasteiger partial charge in [-0.3, -0.25) is 0 Å². The van der Waals surface area contributed by atoms with E-state index in [1.165, 1.54) is 24.0 Å². The monoisotopic (exact) mass is 253 g/mol. The van der Waals surface area contributed by atoms with E-state index in [4.69, 9.17) is 11.6 Å². The van der Waals surface area contributed by atoms with Gasteiger partial charge in [0, 0.05) is 17.6 Å². The number of benzene rings is 1. The third-order valence-corrected chi connectivity index (χ3v) is 3.36. The smallest absolute Gasteiger partial charge is 0.0408 e. The summed E-state index contributed by atoms with van der Waals surface area (Å²) < 4.78 is 0. The summed E-state index contributed by atoms with van der Waals surface area (Å²) in [6, 6.07) is 6.68. The van der Waals surface area contributed by atoms with E-state index in [0.717, 1.165) is 17.5 Å². The molecule has 0 spiro atoms. The molecule has 0 aromatic heterocycles. The van der Waals surface area contributed by atoms with Crippen LogP contribution < -0.4 is 5.32 Å². The maximum absolute atomic E-state index is 5.94. The van der Waals surface area contributed by atoms with Crippen LogP contribution in [-0.4, -0.2) is 6.04 Å². The van der Waals surface area contributed by atoms with Gasteiger partial charge in [0.2, 0.25) is 0 Å². The lowest BCUT2D eigenvalue weighted by Gasteiger charge is -2.16. The van der Waals surface area contributed by atoms with Crippen molar-refractivity contribution in [3.8, 4) is 0 Å². The number of nitrogens with one attached hydrogen (secondary N) is 1. The average Bonchev–Trinajstić information content (AvgIpc) is 2.25. The summed E-state index contributed by atoms with van der Waals surface area (Å²) in [5, 5.41) is 4.39. The lowest BCUT2D eigenvalue weighted by Crippen LogP contribution is -2.26. The summed E-state index contributed by atoms with van der Waals surface area (Å²) in [5.74, 6) is 0.788. The molecule has 96 valence electrons. The molecule has 0 radical (unpaired) electrons. The molecule has 1 unspecified atom stereocenters. The molecule has 1 rings (SSSR count). The molecule has 1 aromatic rings. The van der Waals surface area contributed by atoms with Crippen molar-refractivity contribution < 1.29 is 0 Å². The van der Waals surface area contributed by atoms with Crippen molar-refractivity contribution in [2.45, 2.75) is 53.1 Å². The van der Waals surface area contributed by atoms with E-state index in [2.05, 4.69) is 39.1 Å². The van der Waals surface area contributed by atoms with Crippen molar-refractivity contribution in [2.75, 3.05) is 0 Å². The van der Waals surface area contributed by atoms with Gasteiger partial charge in [-0.1, -0.05) is 31.5 Å². The first-order valence-corrected chi connectivity index (χ1v) is 6.85. The Morgan fingerprint density at radius 3 is 2.47 bits per heavy atom. The lowest BCUT2D eigenvalue weighted by atomic mass is 10.0. The van der Waals surface area contributed by atoms with Crippen molar-refractivity contribution in [1.82, 2.24) is 5.32 Å². The Morgan fingerprint density at radius 2 is 1.88 bits per heavy atom. The molecule has 17 heavy (non-hydrogen) atoms. The molecule has 2 heteroatoms. The van der Waals surface area contributed by atoms with Crippen LogP contribution in [0.3, 0.4) is 0 Å². The maximum atomic E-state index is 5.94. The van der Waals surface area contributed by atoms with Crippen LogP contribution in [0.15, 0.2) is 18.2 Å². The molecule has 0 saturated carbocycles. The zero-order chi connectivity index (χ0) is 12.8. The van der Waals surface area contributed by atoms with E-state index in [1.54, 1.807) is 0 Å². The minimum Gasteiger partial charge on any atom is -0.310 e. The summed E-state index contributed by atoms with van der Waals surface area (Å²) in [4.78, 5) is 0. The minimum atomic E-state index is 0.576. The van der Waals surface area contributed by atoms with Crippen molar-refractivity contribution in [3.05, 3.63) is 34.3 Å². The second kappa shape index (κ2) is 7.03. The molecule has 1 nitrogen and oxygen atoms in total. The van der Waals surface area contributed by atoms with Crippen LogP contribution >= 0.6 is 11.6 Å². The SMILES string of the molecule is Cc1cc(Cl)ccc1CNC(C)CCC(C)C. The highest BCUT2D eigenvalue weighted by atomic mass is 35.5. The van der Waals surface area contributed by atoms with Crippen molar-refractivity contribution >= 4 is 11.6 Å². The third kappa shape index (κ3) is 5.56. The average molecular weight is 254 g/mol. The van der Waals surface area contributed by atoms with Crippen LogP contribution in [0.1, 0.15) is 44.7 Å². The predicted molar refractivity (Wildman–Crippen MR) is 76.6 cm³/mol. The minimum absolute atomic E-state index is 0.576. The van der Waals surface area contributed by atoms with Gasteiger partial charge in [-0.2, -0.15) is 0 Å². The number of hydrogen-bond acceptors (Lipinski definition) is 1. The number of halogens is 1. The van der Waals surface area contributed by atoms with Gasteiger partial charge in [0.25, 0.3) is 0 Å². The van der Waals surface area contributed by atoms with Crippen molar-refractivity contribution in [3.63, 3.8) is 0 Å². The van der Waals surface area contributed by atoms with E-state index >= 15 is 0 Å². The number of aryl methyl sites for hydroxylation is 1. The molecule has 0 amide bonds. The molecule has 0 bridgehead atoms. The molecular weight excluding hydrogens is 230 g/mol. The van der Waals surface area contributed by atoms with Crippen molar-refractivity contribution in [1.29, 1.82) is 0 Å². The molecule has 0 aliphatic heterocycles. The van der Waals surface area contributed by atoms with Gasteiger partial charge in [-0.25, -0.2) is 0 Å². The summed E-state index contributed by atoms with van der Waals surface area (Å²) >= 11 is 5.94. The Morgan fingerprint density at radius 1 is 1.18 bits per heavy atom. The van der Waals surface area contributed by atoms with Gasteiger partial charge in [0.1, 0.15) is 0 Å². The van der Waals surface area contributed by atoms with E-state index in [0.29, 0.717) is 6.04 Å². The molecule has 1 aromatic carbocycles. The van der Waals surface area contributed by atoms with Crippen molar-refractivity contribution in [2.24, 2.45) is 5.92 Å². The molecule has 0 aliphatic carbocycles. The maximum Gasteiger partial charge on any atom is 0.0408 e. The third-order valence-electron chi connectivity index (χ3n) is 3.12. The van der Waals surface area contributed by atoms with Crippen LogP contribution in [0.25, 0.3) is 0 Å². The Labute approximate surface area is 111 Å². The highest BCUT2D eigenvalue weighted by molar-refractivity contribution is 6.30. The van der Waals surface area contributed by atoms with Crippen LogP contribution in [0.4, 0.5) is 0 Å². The first kappa shape index (κ1) is 14.5.